The van der Waals surface area contributed by atoms with Crippen LogP contribution in [0.2, 0.25) is 0 Å². The fourth-order valence-electron chi connectivity index (χ4n) is 2.12. The van der Waals surface area contributed by atoms with Gasteiger partial charge in [-0.3, -0.25) is 10.1 Å². The summed E-state index contributed by atoms with van der Waals surface area (Å²) in [6.07, 6.45) is -0.866. The van der Waals surface area contributed by atoms with E-state index in [-0.39, 0.29) is 43.2 Å². The standard InChI is InChI=1S/C13H14F2N2O4/c14-13(15)7-5-9(6-8-13)16-12(18)21-11-3-1-10(2-4-11)17(19)20/h1-4,9H,5-8H2,(H,16,18). The van der Waals surface area contributed by atoms with E-state index in [1.165, 1.54) is 24.3 Å². The van der Waals surface area contributed by atoms with Crippen molar-refractivity contribution in [3.8, 4) is 5.75 Å². The number of ether oxygens (including phenoxy) is 1. The molecule has 8 heteroatoms. The second-order valence-corrected chi connectivity index (χ2v) is 4.92. The van der Waals surface area contributed by atoms with Crippen molar-refractivity contribution in [2.75, 3.05) is 0 Å². The van der Waals surface area contributed by atoms with Crippen LogP contribution >= 0.6 is 0 Å². The lowest BCUT2D eigenvalue weighted by Gasteiger charge is -2.28. The van der Waals surface area contributed by atoms with Crippen molar-refractivity contribution in [3.05, 3.63) is 34.4 Å². The first kappa shape index (κ1) is 15.1. The van der Waals surface area contributed by atoms with Gasteiger partial charge in [0.15, 0.2) is 0 Å². The van der Waals surface area contributed by atoms with Crippen molar-refractivity contribution < 1.29 is 23.2 Å². The van der Waals surface area contributed by atoms with Crippen molar-refractivity contribution in [2.24, 2.45) is 0 Å². The van der Waals surface area contributed by atoms with Crippen LogP contribution in [0.5, 0.6) is 5.75 Å². The molecule has 0 heterocycles. The maximum Gasteiger partial charge on any atom is 0.412 e. The molecule has 0 saturated heterocycles. The number of hydrogen-bond donors (Lipinski definition) is 1. The van der Waals surface area contributed by atoms with Gasteiger partial charge in [-0.25, -0.2) is 13.6 Å². The molecule has 2 rings (SSSR count). The molecular weight excluding hydrogens is 286 g/mol. The normalized spacial score (nSPS) is 18.0. The number of nitro groups is 1. The number of halogens is 2. The lowest BCUT2D eigenvalue weighted by Crippen LogP contribution is -2.41. The Bertz CT molecular complexity index is 523. The highest BCUT2D eigenvalue weighted by molar-refractivity contribution is 5.70. The molecule has 1 N–H and O–H groups in total. The molecule has 0 radical (unpaired) electrons. The first-order valence-electron chi connectivity index (χ1n) is 6.46. The first-order valence-corrected chi connectivity index (χ1v) is 6.46. The molecule has 0 bridgehead atoms. The monoisotopic (exact) mass is 300 g/mol. The number of carbonyl (C=O) groups is 1. The summed E-state index contributed by atoms with van der Waals surface area (Å²) in [4.78, 5) is 21.5. The zero-order valence-electron chi connectivity index (χ0n) is 11.1. The molecule has 0 aromatic heterocycles. The number of amides is 1. The second kappa shape index (κ2) is 6.02. The van der Waals surface area contributed by atoms with Crippen molar-refractivity contribution in [2.45, 2.75) is 37.6 Å². The minimum Gasteiger partial charge on any atom is -0.410 e. The van der Waals surface area contributed by atoms with E-state index in [2.05, 4.69) is 5.32 Å². The average Bonchev–Trinajstić information content (AvgIpc) is 2.42. The Morgan fingerprint density at radius 3 is 2.38 bits per heavy atom. The van der Waals surface area contributed by atoms with Gasteiger partial charge < -0.3 is 10.1 Å². The van der Waals surface area contributed by atoms with E-state index in [0.717, 1.165) is 0 Å². The molecule has 21 heavy (non-hydrogen) atoms. The molecule has 0 unspecified atom stereocenters. The van der Waals surface area contributed by atoms with Crippen LogP contribution in [-0.4, -0.2) is 23.0 Å². The van der Waals surface area contributed by atoms with Gasteiger partial charge in [-0.05, 0) is 25.0 Å². The Morgan fingerprint density at radius 2 is 1.86 bits per heavy atom. The van der Waals surface area contributed by atoms with Gasteiger partial charge >= 0.3 is 6.09 Å². The van der Waals surface area contributed by atoms with Crippen LogP contribution in [0.25, 0.3) is 0 Å². The van der Waals surface area contributed by atoms with Crippen molar-refractivity contribution in [1.29, 1.82) is 0 Å². The van der Waals surface area contributed by atoms with E-state index in [1.807, 2.05) is 0 Å². The molecule has 0 atom stereocenters. The van der Waals surface area contributed by atoms with Crippen LogP contribution in [-0.2, 0) is 0 Å². The van der Waals surface area contributed by atoms with Gasteiger partial charge in [-0.15, -0.1) is 0 Å². The summed E-state index contributed by atoms with van der Waals surface area (Å²) >= 11 is 0. The topological polar surface area (TPSA) is 81.5 Å². The summed E-state index contributed by atoms with van der Waals surface area (Å²) in [5.74, 6) is -2.50. The fraction of sp³-hybridized carbons (Fsp3) is 0.462. The number of alkyl halides is 2. The van der Waals surface area contributed by atoms with Crippen molar-refractivity contribution >= 4 is 11.8 Å². The lowest BCUT2D eigenvalue weighted by atomic mass is 9.92. The first-order chi connectivity index (χ1) is 9.85. The van der Waals surface area contributed by atoms with Gasteiger partial charge in [-0.2, -0.15) is 0 Å². The zero-order valence-corrected chi connectivity index (χ0v) is 11.1. The van der Waals surface area contributed by atoms with Crippen LogP contribution in [0, 0.1) is 10.1 Å². The minimum atomic E-state index is -2.65. The molecule has 0 aliphatic heterocycles. The Kier molecular flexibility index (Phi) is 4.35. The summed E-state index contributed by atoms with van der Waals surface area (Å²) in [5.41, 5.74) is -0.114. The summed E-state index contributed by atoms with van der Waals surface area (Å²) in [5, 5.41) is 13.0. The van der Waals surface area contributed by atoms with E-state index in [0.29, 0.717) is 0 Å². The molecule has 1 aromatic carbocycles. The van der Waals surface area contributed by atoms with E-state index in [1.54, 1.807) is 0 Å². The third kappa shape index (κ3) is 4.37. The summed E-state index contributed by atoms with van der Waals surface area (Å²) in [7, 11) is 0. The number of nitrogens with one attached hydrogen (secondary N) is 1. The van der Waals surface area contributed by atoms with Gasteiger partial charge in [0.1, 0.15) is 5.75 Å². The predicted molar refractivity (Wildman–Crippen MR) is 69.5 cm³/mol. The summed E-state index contributed by atoms with van der Waals surface area (Å²) in [6, 6.07) is 4.68. The highest BCUT2D eigenvalue weighted by atomic mass is 19.3. The quantitative estimate of drug-likeness (QED) is 0.686. The van der Waals surface area contributed by atoms with Gasteiger partial charge in [0, 0.05) is 31.0 Å². The Hall–Kier alpha value is -2.25. The number of nitrogens with zero attached hydrogens (tertiary/aromatic N) is 1. The molecule has 1 aromatic rings. The van der Waals surface area contributed by atoms with Crippen molar-refractivity contribution in [3.63, 3.8) is 0 Å². The molecule has 1 aliphatic rings. The van der Waals surface area contributed by atoms with Crippen LogP contribution in [0.15, 0.2) is 24.3 Å². The number of hydrogen-bond acceptors (Lipinski definition) is 4. The predicted octanol–water partition coefficient (Wildman–Crippen LogP) is 3.26. The second-order valence-electron chi connectivity index (χ2n) is 4.92. The van der Waals surface area contributed by atoms with Crippen LogP contribution < -0.4 is 10.1 Å². The maximum atomic E-state index is 13.0. The SMILES string of the molecule is O=C(NC1CCC(F)(F)CC1)Oc1ccc([N+](=O)[O-])cc1. The van der Waals surface area contributed by atoms with Crippen molar-refractivity contribution in [1.82, 2.24) is 5.32 Å². The smallest absolute Gasteiger partial charge is 0.410 e. The number of nitro benzene ring substituents is 1. The van der Waals surface area contributed by atoms with Crippen LogP contribution in [0.4, 0.5) is 19.3 Å². The van der Waals surface area contributed by atoms with Gasteiger partial charge in [0.05, 0.1) is 4.92 Å². The fourth-order valence-corrected chi connectivity index (χ4v) is 2.12. The maximum absolute atomic E-state index is 13.0. The zero-order chi connectivity index (χ0) is 15.5. The third-order valence-electron chi connectivity index (χ3n) is 3.30. The van der Waals surface area contributed by atoms with E-state index < -0.39 is 16.9 Å². The minimum absolute atomic E-state index is 0.114. The molecule has 1 fully saturated rings. The molecule has 114 valence electrons. The number of carbonyl (C=O) groups excluding carboxylic acids is 1. The Balaban J connectivity index is 1.83. The lowest BCUT2D eigenvalue weighted by molar-refractivity contribution is -0.384. The number of benzene rings is 1. The molecule has 1 amide bonds. The van der Waals surface area contributed by atoms with Gasteiger partial charge in [0.25, 0.3) is 5.69 Å². The Morgan fingerprint density at radius 1 is 1.29 bits per heavy atom. The van der Waals surface area contributed by atoms with E-state index in [4.69, 9.17) is 4.74 Å². The summed E-state index contributed by atoms with van der Waals surface area (Å²) in [6.45, 7) is 0. The molecule has 6 nitrogen and oxygen atoms in total. The number of non-ortho nitro benzene ring substituents is 1. The summed E-state index contributed by atoms with van der Waals surface area (Å²) < 4.78 is 30.9. The molecule has 1 saturated carbocycles. The highest BCUT2D eigenvalue weighted by Crippen LogP contribution is 2.33. The van der Waals surface area contributed by atoms with E-state index >= 15 is 0 Å². The molecular formula is C13H14F2N2O4. The largest absolute Gasteiger partial charge is 0.412 e. The van der Waals surface area contributed by atoms with Crippen LogP contribution in [0.1, 0.15) is 25.7 Å². The van der Waals surface area contributed by atoms with Gasteiger partial charge in [-0.1, -0.05) is 0 Å². The number of rotatable bonds is 3. The third-order valence-corrected chi connectivity index (χ3v) is 3.30. The Labute approximate surface area is 119 Å². The van der Waals surface area contributed by atoms with Gasteiger partial charge in [0.2, 0.25) is 5.92 Å². The molecule has 1 aliphatic carbocycles. The van der Waals surface area contributed by atoms with Crippen LogP contribution in [0.3, 0.4) is 0 Å². The average molecular weight is 300 g/mol. The molecule has 0 spiro atoms. The van der Waals surface area contributed by atoms with E-state index in [9.17, 15) is 23.7 Å². The highest BCUT2D eigenvalue weighted by Gasteiger charge is 2.35.